The highest BCUT2D eigenvalue weighted by atomic mass is 32.2. The minimum Gasteiger partial charge on any atom is -0.406 e. The zero-order valence-electron chi connectivity index (χ0n) is 10.1. The van der Waals surface area contributed by atoms with Crippen molar-refractivity contribution < 1.29 is 4.42 Å². The summed E-state index contributed by atoms with van der Waals surface area (Å²) in [4.78, 5) is 0. The lowest BCUT2D eigenvalue weighted by atomic mass is 10.3. The van der Waals surface area contributed by atoms with Gasteiger partial charge in [-0.05, 0) is 31.9 Å². The quantitative estimate of drug-likeness (QED) is 0.681. The molecule has 0 amide bonds. The van der Waals surface area contributed by atoms with E-state index in [9.17, 15) is 0 Å². The zero-order chi connectivity index (χ0) is 11.8. The fourth-order valence-electron chi connectivity index (χ4n) is 1.29. The Morgan fingerprint density at radius 3 is 2.94 bits per heavy atom. The second-order valence-electron chi connectivity index (χ2n) is 3.50. The highest BCUT2D eigenvalue weighted by Gasteiger charge is 2.11. The Hall–Kier alpha value is -0.750. The van der Waals surface area contributed by atoms with Crippen molar-refractivity contribution in [2.24, 2.45) is 0 Å². The molecule has 0 aromatic carbocycles. The monoisotopic (exact) mass is 244 g/mol. The second kappa shape index (κ2) is 7.51. The molecule has 0 radical (unpaired) electrons. The number of aromatic nitrogens is 2. The zero-order valence-corrected chi connectivity index (χ0v) is 10.9. The minimum atomic E-state index is 0.110. The topological polar surface area (TPSA) is 63.0 Å². The molecule has 6 heteroatoms. The molecule has 0 aliphatic heterocycles. The van der Waals surface area contributed by atoms with Crippen LogP contribution in [0.1, 0.15) is 32.2 Å². The van der Waals surface area contributed by atoms with Gasteiger partial charge in [-0.25, -0.2) is 0 Å². The first-order valence-corrected chi connectivity index (χ1v) is 6.97. The van der Waals surface area contributed by atoms with Crippen molar-refractivity contribution in [2.75, 3.05) is 30.4 Å². The maximum absolute atomic E-state index is 5.48. The van der Waals surface area contributed by atoms with Gasteiger partial charge in [-0.2, -0.15) is 11.8 Å². The molecule has 0 saturated heterocycles. The molecule has 0 spiro atoms. The number of thioether (sulfide) groups is 1. The average Bonchev–Trinajstić information content (AvgIpc) is 2.73. The molecule has 1 rings (SSSR count). The molecule has 0 fully saturated rings. The number of anilines is 1. The van der Waals surface area contributed by atoms with Crippen molar-refractivity contribution in [2.45, 2.75) is 26.3 Å². The summed E-state index contributed by atoms with van der Waals surface area (Å²) < 4.78 is 5.48. The highest BCUT2D eigenvalue weighted by Crippen LogP contribution is 2.13. The van der Waals surface area contributed by atoms with Gasteiger partial charge in [0.1, 0.15) is 0 Å². The Balaban J connectivity index is 2.33. The van der Waals surface area contributed by atoms with Crippen LogP contribution in [0.15, 0.2) is 4.42 Å². The molecule has 1 aromatic heterocycles. The molecule has 16 heavy (non-hydrogen) atoms. The molecule has 92 valence electrons. The van der Waals surface area contributed by atoms with Crippen LogP contribution in [-0.2, 0) is 0 Å². The van der Waals surface area contributed by atoms with Crippen LogP contribution in [0.5, 0.6) is 0 Å². The molecule has 5 nitrogen and oxygen atoms in total. The number of nitrogens with zero attached hydrogens (tertiary/aromatic N) is 2. The van der Waals surface area contributed by atoms with Gasteiger partial charge in [0.15, 0.2) is 0 Å². The number of hydrogen-bond donors (Lipinski definition) is 2. The third kappa shape index (κ3) is 4.40. The number of hydrogen-bond acceptors (Lipinski definition) is 6. The molecule has 0 aliphatic rings. The molecule has 1 unspecified atom stereocenters. The van der Waals surface area contributed by atoms with Crippen molar-refractivity contribution in [3.8, 4) is 0 Å². The van der Waals surface area contributed by atoms with E-state index in [-0.39, 0.29) is 6.04 Å². The molecule has 0 aliphatic carbocycles. The Morgan fingerprint density at radius 2 is 2.25 bits per heavy atom. The van der Waals surface area contributed by atoms with Crippen LogP contribution in [0.2, 0.25) is 0 Å². The molecule has 2 N–H and O–H groups in total. The van der Waals surface area contributed by atoms with E-state index in [1.807, 2.05) is 18.7 Å². The van der Waals surface area contributed by atoms with Crippen molar-refractivity contribution in [1.29, 1.82) is 0 Å². The van der Waals surface area contributed by atoms with Crippen LogP contribution in [-0.4, -0.2) is 35.3 Å². The van der Waals surface area contributed by atoms with Gasteiger partial charge in [0.05, 0.1) is 6.04 Å². The van der Waals surface area contributed by atoms with Gasteiger partial charge in [0.2, 0.25) is 5.89 Å². The third-order valence-corrected chi connectivity index (χ3v) is 2.82. The normalized spacial score (nSPS) is 12.7. The van der Waals surface area contributed by atoms with Gasteiger partial charge < -0.3 is 15.1 Å². The molecule has 1 aromatic rings. The van der Waals surface area contributed by atoms with E-state index in [2.05, 4.69) is 34.0 Å². The highest BCUT2D eigenvalue weighted by molar-refractivity contribution is 7.98. The molecule has 0 saturated carbocycles. The summed E-state index contributed by atoms with van der Waals surface area (Å²) in [5, 5.41) is 14.3. The Bertz CT molecular complexity index is 292. The summed E-state index contributed by atoms with van der Waals surface area (Å²) in [5.41, 5.74) is 0. The first kappa shape index (κ1) is 13.3. The van der Waals surface area contributed by atoms with Gasteiger partial charge in [-0.1, -0.05) is 12.0 Å². The molecule has 0 bridgehead atoms. The largest absolute Gasteiger partial charge is 0.406 e. The average molecular weight is 244 g/mol. The van der Waals surface area contributed by atoms with E-state index in [0.717, 1.165) is 25.3 Å². The lowest BCUT2D eigenvalue weighted by Crippen LogP contribution is -2.17. The van der Waals surface area contributed by atoms with Gasteiger partial charge in [-0.15, -0.1) is 5.10 Å². The van der Waals surface area contributed by atoms with Crippen molar-refractivity contribution in [1.82, 2.24) is 15.5 Å². The summed E-state index contributed by atoms with van der Waals surface area (Å²) >= 11 is 1.84. The van der Waals surface area contributed by atoms with Crippen molar-refractivity contribution in [3.63, 3.8) is 0 Å². The van der Waals surface area contributed by atoms with Crippen LogP contribution >= 0.6 is 11.8 Å². The maximum Gasteiger partial charge on any atom is 0.315 e. The molecular weight excluding hydrogens is 224 g/mol. The van der Waals surface area contributed by atoms with Crippen LogP contribution in [0.25, 0.3) is 0 Å². The summed E-state index contributed by atoms with van der Waals surface area (Å²) in [6.45, 7) is 5.82. The van der Waals surface area contributed by atoms with Gasteiger partial charge in [-0.3, -0.25) is 0 Å². The van der Waals surface area contributed by atoms with Gasteiger partial charge in [0, 0.05) is 6.54 Å². The second-order valence-corrected chi connectivity index (χ2v) is 4.48. The minimum absolute atomic E-state index is 0.110. The summed E-state index contributed by atoms with van der Waals surface area (Å²) in [6.07, 6.45) is 3.20. The van der Waals surface area contributed by atoms with Gasteiger partial charge in [0.25, 0.3) is 0 Å². The maximum atomic E-state index is 5.48. The number of nitrogens with one attached hydrogen (secondary N) is 2. The lowest BCUT2D eigenvalue weighted by molar-refractivity contribution is 0.429. The molecular formula is C10H20N4OS. The standard InChI is InChI=1S/C10H20N4OS/c1-4-11-8(2)9-13-14-10(15-9)12-6-5-7-16-3/h8,11H,4-7H2,1-3H3,(H,12,14). The van der Waals surface area contributed by atoms with Crippen LogP contribution in [0.3, 0.4) is 0 Å². The Kier molecular flexibility index (Phi) is 6.25. The van der Waals surface area contributed by atoms with Crippen molar-refractivity contribution in [3.05, 3.63) is 5.89 Å². The van der Waals surface area contributed by atoms with Crippen LogP contribution in [0.4, 0.5) is 6.01 Å². The van der Waals surface area contributed by atoms with Crippen LogP contribution < -0.4 is 10.6 Å². The van der Waals surface area contributed by atoms with E-state index in [4.69, 9.17) is 4.42 Å². The summed E-state index contributed by atoms with van der Waals surface area (Å²) in [7, 11) is 0. The van der Waals surface area contributed by atoms with Crippen molar-refractivity contribution >= 4 is 17.8 Å². The Morgan fingerprint density at radius 1 is 1.44 bits per heavy atom. The Labute approximate surface area is 101 Å². The first-order chi connectivity index (χ1) is 7.77. The SMILES string of the molecule is CCNC(C)c1nnc(NCCCSC)o1. The predicted octanol–water partition coefficient (Wildman–Crippen LogP) is 1.91. The number of rotatable bonds is 8. The summed E-state index contributed by atoms with van der Waals surface area (Å²) in [5.74, 6) is 1.77. The van der Waals surface area contributed by atoms with Gasteiger partial charge >= 0.3 is 6.01 Å². The third-order valence-electron chi connectivity index (χ3n) is 2.12. The first-order valence-electron chi connectivity index (χ1n) is 5.57. The lowest BCUT2D eigenvalue weighted by Gasteiger charge is -2.05. The fraction of sp³-hybridized carbons (Fsp3) is 0.800. The van der Waals surface area contributed by atoms with E-state index in [1.54, 1.807) is 0 Å². The van der Waals surface area contributed by atoms with E-state index < -0.39 is 0 Å². The fourth-order valence-corrected chi connectivity index (χ4v) is 1.72. The van der Waals surface area contributed by atoms with Crippen LogP contribution in [0, 0.1) is 0 Å². The summed E-state index contributed by atoms with van der Waals surface area (Å²) in [6, 6.07) is 0.625. The molecule has 1 heterocycles. The predicted molar refractivity (Wildman–Crippen MR) is 67.9 cm³/mol. The van der Waals surface area contributed by atoms with E-state index in [1.165, 1.54) is 0 Å². The molecule has 1 atom stereocenters. The van der Waals surface area contributed by atoms with E-state index >= 15 is 0 Å². The van der Waals surface area contributed by atoms with E-state index in [0.29, 0.717) is 11.9 Å². The smallest absolute Gasteiger partial charge is 0.315 e.